The van der Waals surface area contributed by atoms with Crippen LogP contribution in [-0.4, -0.2) is 35.7 Å². The van der Waals surface area contributed by atoms with Crippen molar-refractivity contribution in [3.05, 3.63) is 29.8 Å². The van der Waals surface area contributed by atoms with Crippen molar-refractivity contribution in [1.82, 2.24) is 4.90 Å². The van der Waals surface area contributed by atoms with Gasteiger partial charge in [-0.25, -0.2) is 0 Å². The monoisotopic (exact) mass is 265 g/mol. The standard InChI is InChI=1S/C15H23NO3/c1-4-10-19-14-8-6-13(7-9-14)12(3)16(5-2)11-15(17)18/h6-9,12H,4-5,10-11H2,1-3H3,(H,17,18). The molecule has 106 valence electrons. The normalized spacial score (nSPS) is 12.4. The summed E-state index contributed by atoms with van der Waals surface area (Å²) in [5.74, 6) is 0.0654. The molecule has 19 heavy (non-hydrogen) atoms. The molecule has 1 N–H and O–H groups in total. The van der Waals surface area contributed by atoms with Crippen LogP contribution in [0, 0.1) is 0 Å². The quantitative estimate of drug-likeness (QED) is 0.785. The summed E-state index contributed by atoms with van der Waals surface area (Å²) < 4.78 is 5.53. The highest BCUT2D eigenvalue weighted by Crippen LogP contribution is 2.22. The summed E-state index contributed by atoms with van der Waals surface area (Å²) >= 11 is 0. The molecule has 1 aromatic carbocycles. The molecule has 0 bridgehead atoms. The van der Waals surface area contributed by atoms with Gasteiger partial charge in [-0.05, 0) is 37.6 Å². The van der Waals surface area contributed by atoms with Crippen LogP contribution in [0.15, 0.2) is 24.3 Å². The van der Waals surface area contributed by atoms with Crippen molar-refractivity contribution in [3.63, 3.8) is 0 Å². The van der Waals surface area contributed by atoms with Crippen LogP contribution < -0.4 is 4.74 Å². The van der Waals surface area contributed by atoms with E-state index in [2.05, 4.69) is 6.92 Å². The number of carboxylic acid groups (broad SMARTS) is 1. The van der Waals surface area contributed by atoms with Crippen LogP contribution >= 0.6 is 0 Å². The first kappa shape index (κ1) is 15.5. The van der Waals surface area contributed by atoms with Crippen molar-refractivity contribution in [2.24, 2.45) is 0 Å². The molecule has 0 heterocycles. The van der Waals surface area contributed by atoms with E-state index in [9.17, 15) is 4.79 Å². The van der Waals surface area contributed by atoms with E-state index >= 15 is 0 Å². The zero-order chi connectivity index (χ0) is 14.3. The summed E-state index contributed by atoms with van der Waals surface area (Å²) in [7, 11) is 0. The van der Waals surface area contributed by atoms with Crippen molar-refractivity contribution in [2.45, 2.75) is 33.2 Å². The number of hydrogen-bond acceptors (Lipinski definition) is 3. The van der Waals surface area contributed by atoms with Crippen LogP contribution in [0.4, 0.5) is 0 Å². The lowest BCUT2D eigenvalue weighted by Gasteiger charge is -2.26. The number of nitrogens with zero attached hydrogens (tertiary/aromatic N) is 1. The van der Waals surface area contributed by atoms with E-state index in [1.807, 2.05) is 43.0 Å². The summed E-state index contributed by atoms with van der Waals surface area (Å²) in [5.41, 5.74) is 1.10. The second kappa shape index (κ2) is 7.79. The van der Waals surface area contributed by atoms with Gasteiger partial charge in [0.1, 0.15) is 5.75 Å². The summed E-state index contributed by atoms with van der Waals surface area (Å²) in [5, 5.41) is 8.89. The molecule has 0 amide bonds. The molecule has 1 rings (SSSR count). The van der Waals surface area contributed by atoms with Crippen molar-refractivity contribution < 1.29 is 14.6 Å². The Hall–Kier alpha value is -1.55. The zero-order valence-corrected chi connectivity index (χ0v) is 11.9. The first-order valence-corrected chi connectivity index (χ1v) is 6.77. The van der Waals surface area contributed by atoms with Gasteiger partial charge in [-0.2, -0.15) is 0 Å². The smallest absolute Gasteiger partial charge is 0.317 e. The zero-order valence-electron chi connectivity index (χ0n) is 11.9. The Labute approximate surface area is 115 Å². The van der Waals surface area contributed by atoms with E-state index in [0.29, 0.717) is 6.54 Å². The van der Waals surface area contributed by atoms with Crippen LogP contribution in [0.5, 0.6) is 5.75 Å². The summed E-state index contributed by atoms with van der Waals surface area (Å²) in [6, 6.07) is 7.97. The Bertz CT molecular complexity index is 389. The van der Waals surface area contributed by atoms with E-state index in [-0.39, 0.29) is 12.6 Å². The van der Waals surface area contributed by atoms with Gasteiger partial charge in [0, 0.05) is 6.04 Å². The fourth-order valence-corrected chi connectivity index (χ4v) is 1.97. The Morgan fingerprint density at radius 1 is 1.32 bits per heavy atom. The molecule has 0 radical (unpaired) electrons. The maximum Gasteiger partial charge on any atom is 0.317 e. The third-order valence-electron chi connectivity index (χ3n) is 3.13. The van der Waals surface area contributed by atoms with Crippen molar-refractivity contribution in [3.8, 4) is 5.75 Å². The molecular formula is C15H23NO3. The van der Waals surface area contributed by atoms with Gasteiger partial charge < -0.3 is 9.84 Å². The van der Waals surface area contributed by atoms with Crippen molar-refractivity contribution in [2.75, 3.05) is 19.7 Å². The van der Waals surface area contributed by atoms with Crippen LogP contribution in [0.3, 0.4) is 0 Å². The minimum atomic E-state index is -0.795. The van der Waals surface area contributed by atoms with Gasteiger partial charge in [0.05, 0.1) is 13.2 Å². The molecule has 0 saturated heterocycles. The molecule has 1 aromatic rings. The molecular weight excluding hydrogens is 242 g/mol. The maximum atomic E-state index is 10.8. The number of likely N-dealkylation sites (N-methyl/N-ethyl adjacent to an activating group) is 1. The number of carboxylic acids is 1. The predicted molar refractivity (Wildman–Crippen MR) is 75.5 cm³/mol. The lowest BCUT2D eigenvalue weighted by Crippen LogP contribution is -2.32. The summed E-state index contributed by atoms with van der Waals surface area (Å²) in [6.45, 7) is 7.55. The van der Waals surface area contributed by atoms with Gasteiger partial charge in [-0.3, -0.25) is 9.69 Å². The number of ether oxygens (including phenoxy) is 1. The Morgan fingerprint density at radius 2 is 1.95 bits per heavy atom. The highest BCUT2D eigenvalue weighted by atomic mass is 16.5. The highest BCUT2D eigenvalue weighted by molar-refractivity contribution is 5.69. The average molecular weight is 265 g/mol. The fourth-order valence-electron chi connectivity index (χ4n) is 1.97. The molecule has 4 heteroatoms. The number of hydrogen-bond donors (Lipinski definition) is 1. The van der Waals surface area contributed by atoms with Gasteiger partial charge in [-0.15, -0.1) is 0 Å². The SMILES string of the molecule is CCCOc1ccc(C(C)N(CC)CC(=O)O)cc1. The van der Waals surface area contributed by atoms with E-state index in [1.165, 1.54) is 0 Å². The second-order valence-electron chi connectivity index (χ2n) is 4.55. The number of benzene rings is 1. The van der Waals surface area contributed by atoms with Gasteiger partial charge >= 0.3 is 5.97 Å². The van der Waals surface area contributed by atoms with Crippen LogP contribution in [-0.2, 0) is 4.79 Å². The first-order valence-electron chi connectivity index (χ1n) is 6.77. The van der Waals surface area contributed by atoms with Gasteiger partial charge in [0.2, 0.25) is 0 Å². The van der Waals surface area contributed by atoms with Crippen molar-refractivity contribution in [1.29, 1.82) is 0 Å². The first-order chi connectivity index (χ1) is 9.08. The van der Waals surface area contributed by atoms with E-state index in [0.717, 1.165) is 24.3 Å². The van der Waals surface area contributed by atoms with Gasteiger partial charge in [-0.1, -0.05) is 26.0 Å². The van der Waals surface area contributed by atoms with Crippen LogP contribution in [0.2, 0.25) is 0 Å². The van der Waals surface area contributed by atoms with Crippen LogP contribution in [0.1, 0.15) is 38.8 Å². The van der Waals surface area contributed by atoms with Crippen LogP contribution in [0.25, 0.3) is 0 Å². The number of carbonyl (C=O) groups is 1. The second-order valence-corrected chi connectivity index (χ2v) is 4.55. The van der Waals surface area contributed by atoms with E-state index in [4.69, 9.17) is 9.84 Å². The molecule has 0 aliphatic carbocycles. The molecule has 0 fully saturated rings. The minimum Gasteiger partial charge on any atom is -0.494 e. The molecule has 0 aliphatic heterocycles. The lowest BCUT2D eigenvalue weighted by atomic mass is 10.1. The van der Waals surface area contributed by atoms with E-state index in [1.54, 1.807) is 0 Å². The molecule has 0 aliphatic rings. The van der Waals surface area contributed by atoms with Gasteiger partial charge in [0.25, 0.3) is 0 Å². The third-order valence-corrected chi connectivity index (χ3v) is 3.13. The molecule has 1 atom stereocenters. The molecule has 4 nitrogen and oxygen atoms in total. The largest absolute Gasteiger partial charge is 0.494 e. The highest BCUT2D eigenvalue weighted by Gasteiger charge is 2.16. The topological polar surface area (TPSA) is 49.8 Å². The Morgan fingerprint density at radius 3 is 2.42 bits per heavy atom. The molecule has 0 aromatic heterocycles. The Balaban J connectivity index is 2.70. The molecule has 0 saturated carbocycles. The fraction of sp³-hybridized carbons (Fsp3) is 0.533. The summed E-state index contributed by atoms with van der Waals surface area (Å²) in [6.07, 6.45) is 0.986. The third kappa shape index (κ3) is 4.91. The molecule has 1 unspecified atom stereocenters. The minimum absolute atomic E-state index is 0.0613. The predicted octanol–water partition coefficient (Wildman–Crippen LogP) is 2.94. The Kier molecular flexibility index (Phi) is 6.36. The molecule has 0 spiro atoms. The summed E-state index contributed by atoms with van der Waals surface area (Å²) in [4.78, 5) is 12.7. The lowest BCUT2D eigenvalue weighted by molar-refractivity contribution is -0.138. The number of rotatable bonds is 8. The average Bonchev–Trinajstić information content (AvgIpc) is 2.42. The van der Waals surface area contributed by atoms with E-state index < -0.39 is 5.97 Å². The van der Waals surface area contributed by atoms with Gasteiger partial charge in [0.15, 0.2) is 0 Å². The number of aliphatic carboxylic acids is 1. The maximum absolute atomic E-state index is 10.8. The van der Waals surface area contributed by atoms with Crippen molar-refractivity contribution >= 4 is 5.97 Å².